The topological polar surface area (TPSA) is 91.4 Å². The summed E-state index contributed by atoms with van der Waals surface area (Å²) >= 11 is 5.86. The number of nitrogens with zero attached hydrogens (tertiary/aromatic N) is 2. The number of nitrogens with one attached hydrogen (secondary N) is 1. The zero-order valence-electron chi connectivity index (χ0n) is 9.38. The fourth-order valence-electron chi connectivity index (χ4n) is 1.31. The van der Waals surface area contributed by atoms with Crippen LogP contribution in [0.4, 0.5) is 6.01 Å². The number of aromatic nitrogens is 2. The Labute approximate surface area is 108 Å². The average Bonchev–Trinajstić information content (AvgIpc) is 2.84. The van der Waals surface area contributed by atoms with Gasteiger partial charge in [-0.05, 0) is 12.1 Å². The largest absolute Gasteiger partial charge is 0.394 e. The molecule has 2 aromatic rings. The van der Waals surface area contributed by atoms with Gasteiger partial charge in [-0.1, -0.05) is 28.9 Å². The number of halogens is 1. The molecule has 0 saturated heterocycles. The van der Waals surface area contributed by atoms with Crippen molar-refractivity contribution >= 4 is 17.6 Å². The molecule has 0 bridgehead atoms. The second kappa shape index (κ2) is 5.81. The molecule has 6 nitrogen and oxygen atoms in total. The Morgan fingerprint density at radius 2 is 2.28 bits per heavy atom. The molecule has 0 amide bonds. The quantitative estimate of drug-likeness (QED) is 0.754. The standard InChI is InChI=1S/C11H12ClN3O3/c12-8-3-1-2-7(4-8)10-14-11(18-15-10)13-5-9(17)6-16/h1-4,9,16-17H,5-6H2,(H,13,14,15)/t9-/m1/s1. The number of anilines is 1. The summed E-state index contributed by atoms with van der Waals surface area (Å²) in [5.74, 6) is 0.401. The van der Waals surface area contributed by atoms with Crippen molar-refractivity contribution in [3.05, 3.63) is 29.3 Å². The van der Waals surface area contributed by atoms with Gasteiger partial charge in [0.15, 0.2) is 0 Å². The van der Waals surface area contributed by atoms with E-state index >= 15 is 0 Å². The lowest BCUT2D eigenvalue weighted by Crippen LogP contribution is -2.23. The Kier molecular flexibility index (Phi) is 4.14. The van der Waals surface area contributed by atoms with Crippen LogP contribution in [0.1, 0.15) is 0 Å². The molecule has 1 heterocycles. The van der Waals surface area contributed by atoms with Gasteiger partial charge in [-0.2, -0.15) is 4.98 Å². The summed E-state index contributed by atoms with van der Waals surface area (Å²) in [5, 5.41) is 24.9. The van der Waals surface area contributed by atoms with E-state index in [4.69, 9.17) is 26.3 Å². The number of benzene rings is 1. The van der Waals surface area contributed by atoms with Crippen molar-refractivity contribution in [2.75, 3.05) is 18.5 Å². The lowest BCUT2D eigenvalue weighted by Gasteiger charge is -2.05. The van der Waals surface area contributed by atoms with E-state index in [-0.39, 0.29) is 19.2 Å². The van der Waals surface area contributed by atoms with Gasteiger partial charge in [0, 0.05) is 17.1 Å². The molecule has 18 heavy (non-hydrogen) atoms. The van der Waals surface area contributed by atoms with E-state index in [1.54, 1.807) is 18.2 Å². The second-order valence-corrected chi connectivity index (χ2v) is 4.09. The third kappa shape index (κ3) is 3.19. The third-order valence-electron chi connectivity index (χ3n) is 2.21. The van der Waals surface area contributed by atoms with E-state index in [0.29, 0.717) is 10.8 Å². The first-order valence-electron chi connectivity index (χ1n) is 5.31. The van der Waals surface area contributed by atoms with Crippen LogP contribution in [0, 0.1) is 0 Å². The van der Waals surface area contributed by atoms with Gasteiger partial charge in [-0.3, -0.25) is 0 Å². The third-order valence-corrected chi connectivity index (χ3v) is 2.44. The van der Waals surface area contributed by atoms with Crippen molar-refractivity contribution in [1.29, 1.82) is 0 Å². The predicted molar refractivity (Wildman–Crippen MR) is 66.3 cm³/mol. The van der Waals surface area contributed by atoms with Gasteiger partial charge in [-0.25, -0.2) is 0 Å². The first-order valence-corrected chi connectivity index (χ1v) is 5.69. The number of hydrogen-bond donors (Lipinski definition) is 3. The zero-order valence-corrected chi connectivity index (χ0v) is 10.1. The van der Waals surface area contributed by atoms with Gasteiger partial charge in [0.2, 0.25) is 5.82 Å². The highest BCUT2D eigenvalue weighted by atomic mass is 35.5. The molecule has 7 heteroatoms. The molecule has 96 valence electrons. The maximum absolute atomic E-state index is 9.16. The van der Waals surface area contributed by atoms with Crippen LogP contribution in [0.5, 0.6) is 0 Å². The molecule has 0 radical (unpaired) electrons. The Bertz CT molecular complexity index is 518. The minimum atomic E-state index is -0.869. The summed E-state index contributed by atoms with van der Waals surface area (Å²) in [6, 6.07) is 7.25. The van der Waals surface area contributed by atoms with Gasteiger partial charge >= 0.3 is 6.01 Å². The van der Waals surface area contributed by atoms with Crippen molar-refractivity contribution in [3.8, 4) is 11.4 Å². The molecule has 0 fully saturated rings. The highest BCUT2D eigenvalue weighted by molar-refractivity contribution is 6.30. The van der Waals surface area contributed by atoms with Gasteiger partial charge in [0.25, 0.3) is 0 Å². The van der Waals surface area contributed by atoms with Crippen molar-refractivity contribution in [2.45, 2.75) is 6.10 Å². The molecule has 2 rings (SSSR count). The summed E-state index contributed by atoms with van der Waals surface area (Å²) < 4.78 is 4.95. The zero-order chi connectivity index (χ0) is 13.0. The van der Waals surface area contributed by atoms with E-state index in [9.17, 15) is 0 Å². The average molecular weight is 270 g/mol. The molecule has 0 aliphatic heterocycles. The first kappa shape index (κ1) is 12.8. The van der Waals surface area contributed by atoms with Crippen molar-refractivity contribution in [2.24, 2.45) is 0 Å². The van der Waals surface area contributed by atoms with Crippen LogP contribution in [-0.2, 0) is 0 Å². The minimum Gasteiger partial charge on any atom is -0.394 e. The summed E-state index contributed by atoms with van der Waals surface area (Å²) in [4.78, 5) is 4.09. The Morgan fingerprint density at radius 3 is 3.00 bits per heavy atom. The van der Waals surface area contributed by atoms with Crippen LogP contribution in [0.2, 0.25) is 5.02 Å². The molecular formula is C11H12ClN3O3. The van der Waals surface area contributed by atoms with Gasteiger partial charge in [-0.15, -0.1) is 0 Å². The summed E-state index contributed by atoms with van der Waals surface area (Å²) in [5.41, 5.74) is 0.738. The molecule has 1 atom stereocenters. The molecule has 1 aromatic carbocycles. The van der Waals surface area contributed by atoms with Crippen LogP contribution in [0.3, 0.4) is 0 Å². The maximum Gasteiger partial charge on any atom is 0.321 e. The normalized spacial score (nSPS) is 12.4. The van der Waals surface area contributed by atoms with Crippen molar-refractivity contribution in [3.63, 3.8) is 0 Å². The van der Waals surface area contributed by atoms with E-state index in [0.717, 1.165) is 5.56 Å². The molecule has 0 aliphatic carbocycles. The Balaban J connectivity index is 2.06. The van der Waals surface area contributed by atoms with E-state index in [2.05, 4.69) is 15.5 Å². The molecule has 0 spiro atoms. The number of aliphatic hydroxyl groups is 2. The molecule has 0 unspecified atom stereocenters. The Hall–Kier alpha value is -1.63. The summed E-state index contributed by atoms with van der Waals surface area (Å²) in [6.45, 7) is -0.198. The van der Waals surface area contributed by atoms with Crippen LogP contribution in [0.25, 0.3) is 11.4 Å². The SMILES string of the molecule is OC[C@H](O)CNc1nc(-c2cccc(Cl)c2)no1. The number of hydrogen-bond acceptors (Lipinski definition) is 6. The summed E-state index contributed by atoms with van der Waals surface area (Å²) in [7, 11) is 0. The molecular weight excluding hydrogens is 258 g/mol. The summed E-state index contributed by atoms with van der Waals surface area (Å²) in [6.07, 6.45) is -0.869. The van der Waals surface area contributed by atoms with Gasteiger partial charge < -0.3 is 20.1 Å². The second-order valence-electron chi connectivity index (χ2n) is 3.65. The van der Waals surface area contributed by atoms with Crippen molar-refractivity contribution in [1.82, 2.24) is 10.1 Å². The lowest BCUT2D eigenvalue weighted by molar-refractivity contribution is 0.104. The number of aliphatic hydroxyl groups excluding tert-OH is 2. The fraction of sp³-hybridized carbons (Fsp3) is 0.273. The van der Waals surface area contributed by atoms with E-state index < -0.39 is 6.10 Å². The van der Waals surface area contributed by atoms with Crippen LogP contribution >= 0.6 is 11.6 Å². The minimum absolute atomic E-state index is 0.133. The molecule has 1 aromatic heterocycles. The van der Waals surface area contributed by atoms with E-state index in [1.165, 1.54) is 0 Å². The van der Waals surface area contributed by atoms with E-state index in [1.807, 2.05) is 6.07 Å². The lowest BCUT2D eigenvalue weighted by atomic mass is 10.2. The molecule has 0 saturated carbocycles. The van der Waals surface area contributed by atoms with Crippen LogP contribution in [0.15, 0.2) is 28.8 Å². The molecule has 0 aliphatic rings. The number of rotatable bonds is 5. The highest BCUT2D eigenvalue weighted by Gasteiger charge is 2.09. The van der Waals surface area contributed by atoms with Crippen LogP contribution < -0.4 is 5.32 Å². The monoisotopic (exact) mass is 269 g/mol. The van der Waals surface area contributed by atoms with Gasteiger partial charge in [0.1, 0.15) is 0 Å². The highest BCUT2D eigenvalue weighted by Crippen LogP contribution is 2.20. The maximum atomic E-state index is 9.16. The smallest absolute Gasteiger partial charge is 0.321 e. The molecule has 3 N–H and O–H groups in total. The predicted octanol–water partition coefficient (Wildman–Crippen LogP) is 1.16. The Morgan fingerprint density at radius 1 is 1.44 bits per heavy atom. The van der Waals surface area contributed by atoms with Crippen LogP contribution in [-0.4, -0.2) is 39.6 Å². The van der Waals surface area contributed by atoms with Gasteiger partial charge in [0.05, 0.1) is 12.7 Å². The van der Waals surface area contributed by atoms with Crippen molar-refractivity contribution < 1.29 is 14.7 Å². The fourth-order valence-corrected chi connectivity index (χ4v) is 1.50. The first-order chi connectivity index (χ1) is 8.69.